The van der Waals surface area contributed by atoms with Crippen LogP contribution in [0.5, 0.6) is 0 Å². The van der Waals surface area contributed by atoms with Crippen LogP contribution in [0.3, 0.4) is 0 Å². The van der Waals surface area contributed by atoms with E-state index in [-0.39, 0.29) is 17.8 Å². The molecule has 0 radical (unpaired) electrons. The fraction of sp³-hybridized carbons (Fsp3) is 0.714. The first kappa shape index (κ1) is 15.6. The SMILES string of the molecule is O=S(=O)(CCC1CC1)N[C@@H]1CCOC[C@@H]1Nc1ccncn1. The Kier molecular flexibility index (Phi) is 4.90. The third kappa shape index (κ3) is 4.62. The van der Waals surface area contributed by atoms with Crippen LogP contribution in [-0.4, -0.2) is 49.4 Å². The predicted octanol–water partition coefficient (Wildman–Crippen LogP) is 0.765. The van der Waals surface area contributed by atoms with Crippen molar-refractivity contribution in [3.8, 4) is 0 Å². The molecule has 122 valence electrons. The highest BCUT2D eigenvalue weighted by molar-refractivity contribution is 7.89. The van der Waals surface area contributed by atoms with Crippen molar-refractivity contribution in [3.05, 3.63) is 18.6 Å². The highest BCUT2D eigenvalue weighted by Gasteiger charge is 2.31. The lowest BCUT2D eigenvalue weighted by Gasteiger charge is -2.32. The molecule has 1 aliphatic heterocycles. The van der Waals surface area contributed by atoms with E-state index in [2.05, 4.69) is 20.0 Å². The quantitative estimate of drug-likeness (QED) is 0.768. The first-order valence-electron chi connectivity index (χ1n) is 7.73. The van der Waals surface area contributed by atoms with Crippen LogP contribution in [-0.2, 0) is 14.8 Å². The van der Waals surface area contributed by atoms with Crippen molar-refractivity contribution in [2.75, 3.05) is 24.3 Å². The van der Waals surface area contributed by atoms with Crippen molar-refractivity contribution in [2.24, 2.45) is 5.92 Å². The molecule has 2 aliphatic rings. The first-order valence-corrected chi connectivity index (χ1v) is 9.38. The Balaban J connectivity index is 1.59. The molecule has 2 heterocycles. The lowest BCUT2D eigenvalue weighted by molar-refractivity contribution is 0.0731. The van der Waals surface area contributed by atoms with Crippen LogP contribution < -0.4 is 10.0 Å². The zero-order valence-electron chi connectivity index (χ0n) is 12.4. The second kappa shape index (κ2) is 6.89. The molecule has 1 saturated heterocycles. The van der Waals surface area contributed by atoms with E-state index in [1.807, 2.05) is 0 Å². The van der Waals surface area contributed by atoms with E-state index in [0.717, 1.165) is 6.42 Å². The maximum Gasteiger partial charge on any atom is 0.211 e. The topological polar surface area (TPSA) is 93.2 Å². The Morgan fingerprint density at radius 2 is 2.14 bits per heavy atom. The Labute approximate surface area is 130 Å². The van der Waals surface area contributed by atoms with Crippen molar-refractivity contribution in [2.45, 2.75) is 37.8 Å². The molecule has 8 heteroatoms. The minimum absolute atomic E-state index is 0.126. The van der Waals surface area contributed by atoms with Gasteiger partial charge in [-0.05, 0) is 24.8 Å². The third-order valence-corrected chi connectivity index (χ3v) is 5.53. The number of aromatic nitrogens is 2. The van der Waals surface area contributed by atoms with Crippen LogP contribution in [0.15, 0.2) is 18.6 Å². The number of rotatable bonds is 7. The molecule has 0 unspecified atom stereocenters. The highest BCUT2D eigenvalue weighted by atomic mass is 32.2. The lowest BCUT2D eigenvalue weighted by Crippen LogP contribution is -2.52. The number of sulfonamides is 1. The maximum atomic E-state index is 12.2. The van der Waals surface area contributed by atoms with Gasteiger partial charge in [0.25, 0.3) is 0 Å². The lowest BCUT2D eigenvalue weighted by atomic mass is 10.1. The van der Waals surface area contributed by atoms with Gasteiger partial charge in [0.15, 0.2) is 0 Å². The van der Waals surface area contributed by atoms with E-state index in [0.29, 0.717) is 31.4 Å². The summed E-state index contributed by atoms with van der Waals surface area (Å²) >= 11 is 0. The first-order chi connectivity index (χ1) is 10.6. The van der Waals surface area contributed by atoms with Crippen molar-refractivity contribution in [1.29, 1.82) is 0 Å². The van der Waals surface area contributed by atoms with Gasteiger partial charge in [-0.25, -0.2) is 23.1 Å². The minimum atomic E-state index is -3.24. The Morgan fingerprint density at radius 3 is 2.86 bits per heavy atom. The highest BCUT2D eigenvalue weighted by Crippen LogP contribution is 2.32. The number of nitrogens with zero attached hydrogens (tertiary/aromatic N) is 2. The molecule has 1 aromatic rings. The smallest absolute Gasteiger partial charge is 0.211 e. The normalized spacial score (nSPS) is 25.8. The summed E-state index contributed by atoms with van der Waals surface area (Å²) in [5.74, 6) is 1.50. The number of nitrogens with one attached hydrogen (secondary N) is 2. The van der Waals surface area contributed by atoms with Crippen LogP contribution in [0, 0.1) is 5.92 Å². The molecule has 1 saturated carbocycles. The summed E-state index contributed by atoms with van der Waals surface area (Å²) in [7, 11) is -3.24. The maximum absolute atomic E-state index is 12.2. The number of anilines is 1. The average molecular weight is 326 g/mol. The molecule has 0 spiro atoms. The van der Waals surface area contributed by atoms with Crippen LogP contribution in [0.25, 0.3) is 0 Å². The Morgan fingerprint density at radius 1 is 1.27 bits per heavy atom. The molecule has 0 bridgehead atoms. The summed E-state index contributed by atoms with van der Waals surface area (Å²) < 4.78 is 32.7. The van der Waals surface area contributed by atoms with Crippen LogP contribution in [0.4, 0.5) is 5.82 Å². The second-order valence-corrected chi connectivity index (χ2v) is 7.86. The van der Waals surface area contributed by atoms with Crippen LogP contribution >= 0.6 is 0 Å². The van der Waals surface area contributed by atoms with Crippen molar-refractivity contribution in [1.82, 2.24) is 14.7 Å². The molecular weight excluding hydrogens is 304 g/mol. The van der Waals surface area contributed by atoms with Crippen molar-refractivity contribution < 1.29 is 13.2 Å². The van der Waals surface area contributed by atoms with Gasteiger partial charge in [0, 0.05) is 18.8 Å². The van der Waals surface area contributed by atoms with Gasteiger partial charge >= 0.3 is 0 Å². The largest absolute Gasteiger partial charge is 0.379 e. The van der Waals surface area contributed by atoms with Gasteiger partial charge < -0.3 is 10.1 Å². The standard InChI is InChI=1S/C14H22N4O3S/c19-22(20,8-5-11-1-2-11)18-12-4-7-21-9-13(12)17-14-3-6-15-10-16-14/h3,6,10-13,18H,1-2,4-5,7-9H2,(H,15,16,17)/t12-,13+/m1/s1. The zero-order chi connectivity index (χ0) is 15.4. The monoisotopic (exact) mass is 326 g/mol. The summed E-state index contributed by atoms with van der Waals surface area (Å²) in [5.41, 5.74) is 0. The van der Waals surface area contributed by atoms with Crippen molar-refractivity contribution >= 4 is 15.8 Å². The van der Waals surface area contributed by atoms with E-state index in [9.17, 15) is 8.42 Å². The molecule has 2 fully saturated rings. The average Bonchev–Trinajstić information content (AvgIpc) is 3.33. The molecular formula is C14H22N4O3S. The van der Waals surface area contributed by atoms with Gasteiger partial charge in [-0.3, -0.25) is 0 Å². The summed E-state index contributed by atoms with van der Waals surface area (Å²) in [5, 5.41) is 3.23. The van der Waals surface area contributed by atoms with Crippen LogP contribution in [0.2, 0.25) is 0 Å². The molecule has 1 aliphatic carbocycles. The predicted molar refractivity (Wildman–Crippen MR) is 82.9 cm³/mol. The van der Waals surface area contributed by atoms with E-state index in [1.54, 1.807) is 12.3 Å². The molecule has 1 aromatic heterocycles. The third-order valence-electron chi connectivity index (χ3n) is 4.09. The molecule has 7 nitrogen and oxygen atoms in total. The number of hydrogen-bond acceptors (Lipinski definition) is 6. The summed E-state index contributed by atoms with van der Waals surface area (Å²) in [6, 6.07) is 1.46. The fourth-order valence-corrected chi connectivity index (χ4v) is 4.11. The van der Waals surface area contributed by atoms with E-state index < -0.39 is 10.0 Å². The molecule has 2 N–H and O–H groups in total. The van der Waals surface area contributed by atoms with E-state index >= 15 is 0 Å². The Hall–Kier alpha value is -1.25. The molecule has 3 rings (SSSR count). The zero-order valence-corrected chi connectivity index (χ0v) is 13.3. The summed E-state index contributed by atoms with van der Waals surface area (Å²) in [6.45, 7) is 1.03. The Bertz CT molecular complexity index is 577. The van der Waals surface area contributed by atoms with Gasteiger partial charge in [-0.2, -0.15) is 0 Å². The molecule has 22 heavy (non-hydrogen) atoms. The molecule has 0 amide bonds. The van der Waals surface area contributed by atoms with E-state index in [4.69, 9.17) is 4.74 Å². The molecule has 0 aromatic carbocycles. The van der Waals surface area contributed by atoms with Gasteiger partial charge in [0.1, 0.15) is 12.1 Å². The van der Waals surface area contributed by atoms with Gasteiger partial charge in [-0.1, -0.05) is 12.8 Å². The summed E-state index contributed by atoms with van der Waals surface area (Å²) in [4.78, 5) is 7.99. The summed E-state index contributed by atoms with van der Waals surface area (Å²) in [6.07, 6.45) is 6.87. The van der Waals surface area contributed by atoms with Crippen molar-refractivity contribution in [3.63, 3.8) is 0 Å². The van der Waals surface area contributed by atoms with Gasteiger partial charge in [-0.15, -0.1) is 0 Å². The van der Waals surface area contributed by atoms with Crippen LogP contribution in [0.1, 0.15) is 25.7 Å². The number of hydrogen-bond donors (Lipinski definition) is 2. The van der Waals surface area contributed by atoms with Gasteiger partial charge in [0.05, 0.1) is 18.4 Å². The van der Waals surface area contributed by atoms with Gasteiger partial charge in [0.2, 0.25) is 10.0 Å². The minimum Gasteiger partial charge on any atom is -0.379 e. The fourth-order valence-electron chi connectivity index (χ4n) is 2.61. The van der Waals surface area contributed by atoms with E-state index in [1.165, 1.54) is 19.2 Å². The molecule has 2 atom stereocenters. The second-order valence-electron chi connectivity index (χ2n) is 5.98. The number of ether oxygens (including phenoxy) is 1.